The Morgan fingerprint density at radius 2 is 2.11 bits per heavy atom. The highest BCUT2D eigenvalue weighted by Gasteiger charge is 2.22. The summed E-state index contributed by atoms with van der Waals surface area (Å²) in [4.78, 5) is 7.91. The van der Waals surface area contributed by atoms with Crippen LogP contribution in [-0.2, 0) is 9.84 Å². The second kappa shape index (κ2) is 7.04. The number of hydrogen-bond acceptors (Lipinski definition) is 8. The average Bonchev–Trinajstić information content (AvgIpc) is 2.98. The zero-order valence-electron chi connectivity index (χ0n) is 14.2. The fourth-order valence-electron chi connectivity index (χ4n) is 2.38. The predicted octanol–water partition coefficient (Wildman–Crippen LogP) is 2.05. The maximum absolute atomic E-state index is 13.7. The van der Waals surface area contributed by atoms with Crippen molar-refractivity contribution in [3.63, 3.8) is 0 Å². The van der Waals surface area contributed by atoms with Gasteiger partial charge in [0.25, 0.3) is 0 Å². The van der Waals surface area contributed by atoms with Gasteiger partial charge in [0.15, 0.2) is 23.0 Å². The smallest absolute Gasteiger partial charge is 0.324 e. The fourth-order valence-corrected chi connectivity index (χ4v) is 3.40. The van der Waals surface area contributed by atoms with Gasteiger partial charge in [-0.1, -0.05) is 0 Å². The molecule has 2 aromatic heterocycles. The van der Waals surface area contributed by atoms with Crippen LogP contribution in [-0.4, -0.2) is 51.8 Å². The number of ether oxygens (including phenoxy) is 1. The number of nitrogens with zero attached hydrogens (tertiary/aromatic N) is 4. The molecule has 0 saturated heterocycles. The first-order valence-corrected chi connectivity index (χ1v) is 9.70. The number of fused-ring (bicyclic) bond motifs is 1. The largest absolute Gasteiger partial charge is 0.421 e. The Labute approximate surface area is 152 Å². The topological polar surface area (TPSA) is 121 Å². The minimum Gasteiger partial charge on any atom is -0.421 e. The molecule has 0 bridgehead atoms. The molecule has 3 rings (SSSR count). The first-order chi connectivity index (χ1) is 12.6. The number of halogens is 2. The number of hydrogen-bond donors (Lipinski definition) is 2. The van der Waals surface area contributed by atoms with Crippen LogP contribution >= 0.6 is 0 Å². The SMILES string of the molecule is C[C@H](CS(C)(=O)=O)N(O)c1n[nH]c2nc(Oc3ccc(F)cc3F)ncc12. The molecule has 0 fully saturated rings. The maximum Gasteiger partial charge on any atom is 0.324 e. The molecule has 0 unspecified atom stereocenters. The Hall–Kier alpha value is -2.86. The minimum absolute atomic E-state index is 0.0284. The number of H-pyrrole nitrogens is 1. The number of benzene rings is 1. The van der Waals surface area contributed by atoms with Crippen LogP contribution in [0.4, 0.5) is 14.6 Å². The normalized spacial score (nSPS) is 12.9. The number of anilines is 1. The Bertz CT molecular complexity index is 1090. The highest BCUT2D eigenvalue weighted by molar-refractivity contribution is 7.90. The van der Waals surface area contributed by atoms with Crippen molar-refractivity contribution in [1.29, 1.82) is 0 Å². The quantitative estimate of drug-likeness (QED) is 0.604. The van der Waals surface area contributed by atoms with Gasteiger partial charge < -0.3 is 4.74 Å². The summed E-state index contributed by atoms with van der Waals surface area (Å²) in [5.41, 5.74) is 0.170. The van der Waals surface area contributed by atoms with Crippen molar-refractivity contribution in [2.24, 2.45) is 0 Å². The van der Waals surface area contributed by atoms with Gasteiger partial charge in [0.05, 0.1) is 17.2 Å². The van der Waals surface area contributed by atoms with Gasteiger partial charge >= 0.3 is 6.01 Å². The zero-order chi connectivity index (χ0) is 19.8. The van der Waals surface area contributed by atoms with Crippen LogP contribution in [0.5, 0.6) is 11.8 Å². The lowest BCUT2D eigenvalue weighted by Crippen LogP contribution is -2.35. The van der Waals surface area contributed by atoms with Gasteiger partial charge in [-0.25, -0.2) is 27.2 Å². The molecule has 0 saturated carbocycles. The van der Waals surface area contributed by atoms with E-state index in [1.54, 1.807) is 0 Å². The second-order valence-corrected chi connectivity index (χ2v) is 8.11. The van der Waals surface area contributed by atoms with E-state index in [4.69, 9.17) is 4.74 Å². The van der Waals surface area contributed by atoms with Crippen molar-refractivity contribution in [1.82, 2.24) is 20.2 Å². The van der Waals surface area contributed by atoms with Crippen LogP contribution < -0.4 is 9.80 Å². The summed E-state index contributed by atoms with van der Waals surface area (Å²) in [5.74, 6) is -2.19. The average molecular weight is 399 g/mol. The Morgan fingerprint density at radius 1 is 1.37 bits per heavy atom. The van der Waals surface area contributed by atoms with Crippen molar-refractivity contribution in [3.05, 3.63) is 36.0 Å². The van der Waals surface area contributed by atoms with Crippen LogP contribution in [0.1, 0.15) is 6.92 Å². The van der Waals surface area contributed by atoms with Gasteiger partial charge in [-0.05, 0) is 19.1 Å². The third-order valence-corrected chi connectivity index (χ3v) is 4.64. The summed E-state index contributed by atoms with van der Waals surface area (Å²) in [6.07, 6.45) is 2.33. The summed E-state index contributed by atoms with van der Waals surface area (Å²) in [6, 6.07) is 1.79. The van der Waals surface area contributed by atoms with E-state index in [1.165, 1.54) is 13.1 Å². The van der Waals surface area contributed by atoms with Crippen LogP contribution in [0.25, 0.3) is 11.0 Å². The van der Waals surface area contributed by atoms with Crippen LogP contribution in [0.2, 0.25) is 0 Å². The van der Waals surface area contributed by atoms with Crippen molar-refractivity contribution in [2.75, 3.05) is 17.1 Å². The van der Waals surface area contributed by atoms with Gasteiger partial charge in [0, 0.05) is 18.5 Å². The van der Waals surface area contributed by atoms with Gasteiger partial charge in [-0.15, -0.1) is 0 Å². The second-order valence-electron chi connectivity index (χ2n) is 5.92. The molecule has 3 aromatic rings. The lowest BCUT2D eigenvalue weighted by Gasteiger charge is -2.21. The summed E-state index contributed by atoms with van der Waals surface area (Å²) < 4.78 is 54.5. The van der Waals surface area contributed by atoms with Crippen molar-refractivity contribution in [2.45, 2.75) is 13.0 Å². The number of hydroxylamine groups is 1. The molecular formula is C15H15F2N5O4S. The molecule has 144 valence electrons. The molecular weight excluding hydrogens is 384 g/mol. The van der Waals surface area contributed by atoms with E-state index in [-0.39, 0.29) is 29.0 Å². The third-order valence-electron chi connectivity index (χ3n) is 3.55. The predicted molar refractivity (Wildman–Crippen MR) is 91.6 cm³/mol. The standard InChI is InChI=1S/C15H15F2N5O4S/c1-8(7-27(2,24)25)22(23)14-10-6-18-15(19-13(10)20-21-14)26-12-4-3-9(16)5-11(12)17/h3-6,8,23H,7H2,1-2H3,(H,18,19,20,21)/t8-/m1/s1. The summed E-state index contributed by atoms with van der Waals surface area (Å²) >= 11 is 0. The van der Waals surface area contributed by atoms with Crippen LogP contribution in [0, 0.1) is 11.6 Å². The highest BCUT2D eigenvalue weighted by Crippen LogP contribution is 2.27. The van der Waals surface area contributed by atoms with E-state index in [0.29, 0.717) is 16.5 Å². The van der Waals surface area contributed by atoms with E-state index in [9.17, 15) is 22.4 Å². The summed E-state index contributed by atoms with van der Waals surface area (Å²) in [7, 11) is -3.31. The van der Waals surface area contributed by atoms with Crippen molar-refractivity contribution >= 4 is 26.7 Å². The van der Waals surface area contributed by atoms with E-state index >= 15 is 0 Å². The van der Waals surface area contributed by atoms with E-state index in [2.05, 4.69) is 20.2 Å². The third kappa shape index (κ3) is 4.28. The molecule has 0 aliphatic heterocycles. The molecule has 1 aromatic carbocycles. The van der Waals surface area contributed by atoms with Crippen molar-refractivity contribution < 1.29 is 27.1 Å². The monoisotopic (exact) mass is 399 g/mol. The van der Waals surface area contributed by atoms with E-state index in [1.807, 2.05) is 0 Å². The number of aromatic amines is 1. The van der Waals surface area contributed by atoms with Crippen LogP contribution in [0.15, 0.2) is 24.4 Å². The molecule has 0 aliphatic carbocycles. The summed E-state index contributed by atoms with van der Waals surface area (Å²) in [6.45, 7) is 1.51. The lowest BCUT2D eigenvalue weighted by molar-refractivity contribution is 0.227. The van der Waals surface area contributed by atoms with Crippen molar-refractivity contribution in [3.8, 4) is 11.8 Å². The number of nitrogens with one attached hydrogen (secondary N) is 1. The molecule has 27 heavy (non-hydrogen) atoms. The lowest BCUT2D eigenvalue weighted by atomic mass is 10.3. The number of aromatic nitrogens is 4. The molecule has 0 amide bonds. The summed E-state index contributed by atoms with van der Waals surface area (Å²) in [5, 5.41) is 17.7. The molecule has 0 radical (unpaired) electrons. The minimum atomic E-state index is -3.31. The van der Waals surface area contributed by atoms with Gasteiger partial charge in [0.2, 0.25) is 0 Å². The highest BCUT2D eigenvalue weighted by atomic mass is 32.2. The molecule has 0 aliphatic rings. The van der Waals surface area contributed by atoms with E-state index in [0.717, 1.165) is 18.4 Å². The Balaban J connectivity index is 1.86. The zero-order valence-corrected chi connectivity index (χ0v) is 15.0. The maximum atomic E-state index is 13.7. The molecule has 9 nitrogen and oxygen atoms in total. The van der Waals surface area contributed by atoms with Gasteiger partial charge in [-0.3, -0.25) is 10.3 Å². The first-order valence-electron chi connectivity index (χ1n) is 7.64. The number of rotatable bonds is 6. The van der Waals surface area contributed by atoms with Gasteiger partial charge in [-0.2, -0.15) is 10.1 Å². The first kappa shape index (κ1) is 18.9. The molecule has 1 atom stereocenters. The molecule has 0 spiro atoms. The molecule has 2 N–H and O–H groups in total. The van der Waals surface area contributed by atoms with E-state index < -0.39 is 27.5 Å². The molecule has 12 heteroatoms. The van der Waals surface area contributed by atoms with Gasteiger partial charge in [0.1, 0.15) is 15.7 Å². The Kier molecular flexibility index (Phi) is 4.93. The molecule has 2 heterocycles. The van der Waals surface area contributed by atoms with Crippen LogP contribution in [0.3, 0.4) is 0 Å². The Morgan fingerprint density at radius 3 is 2.78 bits per heavy atom. The number of sulfone groups is 1. The fraction of sp³-hybridized carbons (Fsp3) is 0.267.